The van der Waals surface area contributed by atoms with Crippen LogP contribution < -0.4 is 15.4 Å². The van der Waals surface area contributed by atoms with Gasteiger partial charge >= 0.3 is 0 Å². The monoisotopic (exact) mass is 446 g/mol. The fraction of sp³-hybridized carbons (Fsp3) is 0.190. The molecule has 10 heteroatoms. The molecule has 1 aliphatic heterocycles. The van der Waals surface area contributed by atoms with Crippen molar-refractivity contribution in [3.05, 3.63) is 59.9 Å². The zero-order valence-electron chi connectivity index (χ0n) is 16.1. The van der Waals surface area contributed by atoms with Crippen LogP contribution in [0.3, 0.4) is 0 Å². The van der Waals surface area contributed by atoms with Crippen molar-refractivity contribution >= 4 is 45.6 Å². The van der Waals surface area contributed by atoms with Crippen molar-refractivity contribution in [3.63, 3.8) is 0 Å². The number of halogens is 3. The van der Waals surface area contributed by atoms with Gasteiger partial charge < -0.3 is 20.1 Å². The lowest BCUT2D eigenvalue weighted by Crippen LogP contribution is -2.17. The Kier molecular flexibility index (Phi) is 5.97. The Balaban J connectivity index is 1.75. The SMILES string of the molecule is C=C(F)C(=O)Nc1cc2c(Nc3ccc(F)c(Cl)c3)ncnc2cc1O[C@H]1CCCO1. The molecule has 0 saturated carbocycles. The fourth-order valence-electron chi connectivity index (χ4n) is 3.06. The number of hydrogen-bond donors (Lipinski definition) is 2. The van der Waals surface area contributed by atoms with Crippen molar-refractivity contribution in [2.75, 3.05) is 17.2 Å². The Labute approximate surface area is 181 Å². The summed E-state index contributed by atoms with van der Waals surface area (Å²) in [6.07, 6.45) is 2.39. The molecule has 1 fully saturated rings. The topological polar surface area (TPSA) is 85.4 Å². The van der Waals surface area contributed by atoms with Gasteiger partial charge in [0, 0.05) is 23.6 Å². The van der Waals surface area contributed by atoms with Crippen molar-refractivity contribution in [2.45, 2.75) is 19.1 Å². The molecule has 0 bridgehead atoms. The van der Waals surface area contributed by atoms with Crippen LogP contribution in [0, 0.1) is 5.82 Å². The first-order valence-electron chi connectivity index (χ1n) is 9.35. The minimum atomic E-state index is -1.15. The molecule has 0 radical (unpaired) electrons. The van der Waals surface area contributed by atoms with Gasteiger partial charge in [0.25, 0.3) is 5.91 Å². The molecule has 4 rings (SSSR count). The van der Waals surface area contributed by atoms with Crippen LogP contribution in [0.1, 0.15) is 12.8 Å². The van der Waals surface area contributed by atoms with E-state index in [4.69, 9.17) is 21.1 Å². The number of amides is 1. The lowest BCUT2D eigenvalue weighted by atomic mass is 10.1. The van der Waals surface area contributed by atoms with Gasteiger partial charge in [-0.3, -0.25) is 4.79 Å². The average molecular weight is 447 g/mol. The highest BCUT2D eigenvalue weighted by molar-refractivity contribution is 6.31. The highest BCUT2D eigenvalue weighted by Gasteiger charge is 2.21. The summed E-state index contributed by atoms with van der Waals surface area (Å²) in [5, 5.41) is 5.93. The molecular weight excluding hydrogens is 430 g/mol. The summed E-state index contributed by atoms with van der Waals surface area (Å²) in [5.74, 6) is -2.07. The number of carbonyl (C=O) groups excluding carboxylic acids is 1. The molecule has 1 saturated heterocycles. The predicted octanol–water partition coefficient (Wildman–Crippen LogP) is 5.10. The van der Waals surface area contributed by atoms with Crippen molar-refractivity contribution < 1.29 is 23.0 Å². The van der Waals surface area contributed by atoms with E-state index in [0.29, 0.717) is 35.4 Å². The van der Waals surface area contributed by atoms with Crippen molar-refractivity contribution in [1.82, 2.24) is 9.97 Å². The third-order valence-corrected chi connectivity index (χ3v) is 4.85. The molecule has 3 aromatic rings. The third-order valence-electron chi connectivity index (χ3n) is 4.56. The maximum Gasteiger partial charge on any atom is 0.283 e. The summed E-state index contributed by atoms with van der Waals surface area (Å²) in [5.41, 5.74) is 1.19. The van der Waals surface area contributed by atoms with Crippen LogP contribution in [0.4, 0.5) is 26.0 Å². The summed E-state index contributed by atoms with van der Waals surface area (Å²) in [6.45, 7) is 3.58. The lowest BCUT2D eigenvalue weighted by molar-refractivity contribution is -0.114. The molecule has 0 unspecified atom stereocenters. The smallest absolute Gasteiger partial charge is 0.283 e. The molecule has 0 spiro atoms. The number of rotatable bonds is 6. The number of aromatic nitrogens is 2. The normalized spacial score (nSPS) is 15.6. The van der Waals surface area contributed by atoms with Crippen molar-refractivity contribution in [1.29, 1.82) is 0 Å². The quantitative estimate of drug-likeness (QED) is 0.512. The second-order valence-corrected chi connectivity index (χ2v) is 7.17. The maximum absolute atomic E-state index is 13.5. The van der Waals surface area contributed by atoms with Crippen molar-refractivity contribution in [2.24, 2.45) is 0 Å². The Hall–Kier alpha value is -3.30. The number of ether oxygens (including phenoxy) is 2. The second kappa shape index (κ2) is 8.83. The minimum absolute atomic E-state index is 0.0509. The zero-order chi connectivity index (χ0) is 22.0. The maximum atomic E-state index is 13.5. The van der Waals surface area contributed by atoms with Gasteiger partial charge in [-0.25, -0.2) is 18.7 Å². The van der Waals surface area contributed by atoms with Gasteiger partial charge in [-0.1, -0.05) is 18.2 Å². The van der Waals surface area contributed by atoms with Crippen LogP contribution in [-0.2, 0) is 9.53 Å². The number of fused-ring (bicyclic) bond motifs is 1. The molecule has 1 atom stereocenters. The molecule has 2 N–H and O–H groups in total. The fourth-order valence-corrected chi connectivity index (χ4v) is 3.24. The largest absolute Gasteiger partial charge is 0.463 e. The van der Waals surface area contributed by atoms with E-state index in [-0.39, 0.29) is 16.5 Å². The zero-order valence-corrected chi connectivity index (χ0v) is 16.9. The van der Waals surface area contributed by atoms with Gasteiger partial charge in [0.05, 0.1) is 22.8 Å². The number of anilines is 3. The van der Waals surface area contributed by atoms with E-state index in [1.807, 2.05) is 0 Å². The Bertz CT molecular complexity index is 1170. The molecule has 1 aromatic heterocycles. The minimum Gasteiger partial charge on any atom is -0.463 e. The molecule has 1 aliphatic rings. The van der Waals surface area contributed by atoms with Crippen LogP contribution in [0.5, 0.6) is 5.75 Å². The summed E-state index contributed by atoms with van der Waals surface area (Å²) in [6, 6.07) is 7.28. The van der Waals surface area contributed by atoms with Gasteiger partial charge in [-0.2, -0.15) is 0 Å². The Morgan fingerprint density at radius 3 is 2.84 bits per heavy atom. The van der Waals surface area contributed by atoms with E-state index in [9.17, 15) is 13.6 Å². The van der Waals surface area contributed by atoms with Crippen LogP contribution >= 0.6 is 11.6 Å². The Morgan fingerprint density at radius 1 is 1.29 bits per heavy atom. The average Bonchev–Trinajstić information content (AvgIpc) is 3.24. The standard InChI is InChI=1S/C21H17ClF2N4O3/c1-11(23)21(29)28-17-8-13-16(9-18(17)31-19-3-2-6-30-19)25-10-26-20(13)27-12-4-5-15(24)14(22)7-12/h4-5,7-10,19H,1-3,6H2,(H,28,29)(H,25,26,27)/t19-/m0/s1. The van der Waals surface area contributed by atoms with E-state index < -0.39 is 23.8 Å². The molecule has 1 amide bonds. The summed E-state index contributed by atoms with van der Waals surface area (Å²) in [7, 11) is 0. The van der Waals surface area contributed by atoms with E-state index >= 15 is 0 Å². The van der Waals surface area contributed by atoms with Crippen molar-refractivity contribution in [3.8, 4) is 5.75 Å². The highest BCUT2D eigenvalue weighted by atomic mass is 35.5. The van der Waals surface area contributed by atoms with E-state index in [2.05, 4.69) is 27.2 Å². The van der Waals surface area contributed by atoms with Gasteiger partial charge in [0.2, 0.25) is 0 Å². The molecule has 160 valence electrons. The molecule has 0 aliphatic carbocycles. The van der Waals surface area contributed by atoms with E-state index in [1.165, 1.54) is 24.5 Å². The van der Waals surface area contributed by atoms with Crippen LogP contribution in [0.15, 0.2) is 49.1 Å². The van der Waals surface area contributed by atoms with E-state index in [1.54, 1.807) is 12.1 Å². The van der Waals surface area contributed by atoms with Crippen LogP contribution in [-0.4, -0.2) is 28.8 Å². The number of benzene rings is 2. The molecular formula is C21H17ClF2N4O3. The van der Waals surface area contributed by atoms with Gasteiger partial charge in [0.1, 0.15) is 23.7 Å². The van der Waals surface area contributed by atoms with E-state index in [0.717, 1.165) is 6.42 Å². The third kappa shape index (κ3) is 4.73. The predicted molar refractivity (Wildman–Crippen MR) is 113 cm³/mol. The molecule has 2 aromatic carbocycles. The first-order valence-corrected chi connectivity index (χ1v) is 9.73. The van der Waals surface area contributed by atoms with Crippen LogP contribution in [0.2, 0.25) is 5.02 Å². The summed E-state index contributed by atoms with van der Waals surface area (Å²) >= 11 is 5.84. The number of hydrogen-bond acceptors (Lipinski definition) is 6. The summed E-state index contributed by atoms with van der Waals surface area (Å²) in [4.78, 5) is 20.4. The highest BCUT2D eigenvalue weighted by Crippen LogP contribution is 2.35. The number of nitrogens with one attached hydrogen (secondary N) is 2. The number of carbonyl (C=O) groups is 1. The molecule has 2 heterocycles. The molecule has 31 heavy (non-hydrogen) atoms. The number of nitrogens with zero attached hydrogens (tertiary/aromatic N) is 2. The molecule has 7 nitrogen and oxygen atoms in total. The lowest BCUT2D eigenvalue weighted by Gasteiger charge is -2.18. The second-order valence-electron chi connectivity index (χ2n) is 6.76. The Morgan fingerprint density at radius 2 is 2.13 bits per heavy atom. The first-order chi connectivity index (χ1) is 14.9. The van der Waals surface area contributed by atoms with Crippen LogP contribution in [0.25, 0.3) is 10.9 Å². The van der Waals surface area contributed by atoms with Gasteiger partial charge in [-0.05, 0) is 30.7 Å². The van der Waals surface area contributed by atoms with Gasteiger partial charge in [0.15, 0.2) is 12.1 Å². The summed E-state index contributed by atoms with van der Waals surface area (Å²) < 4.78 is 38.1. The first kappa shape index (κ1) is 21.0. The van der Waals surface area contributed by atoms with Gasteiger partial charge in [-0.15, -0.1) is 0 Å².